The molecular formula is C16H30N4O. The first-order valence-electron chi connectivity index (χ1n) is 8.26. The lowest BCUT2D eigenvalue weighted by molar-refractivity contribution is -0.0139. The smallest absolute Gasteiger partial charge is 0.191 e. The van der Waals surface area contributed by atoms with E-state index in [-0.39, 0.29) is 5.54 Å². The number of hydrogen-bond acceptors (Lipinski definition) is 3. The van der Waals surface area contributed by atoms with Crippen molar-refractivity contribution in [3.05, 3.63) is 12.7 Å². The third kappa shape index (κ3) is 4.45. The number of nitrogens with zero attached hydrogens (tertiary/aromatic N) is 2. The minimum atomic E-state index is 0.200. The van der Waals surface area contributed by atoms with Gasteiger partial charge in [0.25, 0.3) is 0 Å². The van der Waals surface area contributed by atoms with Gasteiger partial charge < -0.3 is 15.4 Å². The van der Waals surface area contributed by atoms with Crippen LogP contribution in [0.15, 0.2) is 17.6 Å². The number of aliphatic imine (C=N–C) groups is 1. The Morgan fingerprint density at radius 1 is 1.29 bits per heavy atom. The third-order valence-electron chi connectivity index (χ3n) is 4.49. The second-order valence-corrected chi connectivity index (χ2v) is 5.90. The first-order chi connectivity index (χ1) is 10.3. The van der Waals surface area contributed by atoms with Gasteiger partial charge >= 0.3 is 0 Å². The molecule has 5 nitrogen and oxygen atoms in total. The molecule has 0 aliphatic carbocycles. The molecule has 0 aromatic carbocycles. The molecule has 2 aliphatic rings. The quantitative estimate of drug-likeness (QED) is 0.441. The van der Waals surface area contributed by atoms with Crippen LogP contribution < -0.4 is 10.6 Å². The van der Waals surface area contributed by atoms with Crippen LogP contribution in [0.25, 0.3) is 0 Å². The van der Waals surface area contributed by atoms with E-state index in [1.807, 2.05) is 6.08 Å². The maximum absolute atomic E-state index is 5.58. The average molecular weight is 294 g/mol. The van der Waals surface area contributed by atoms with Gasteiger partial charge in [0.15, 0.2) is 5.96 Å². The molecule has 0 atom stereocenters. The number of guanidine groups is 1. The van der Waals surface area contributed by atoms with E-state index >= 15 is 0 Å². The molecule has 0 amide bonds. The minimum Gasteiger partial charge on any atom is -0.381 e. The largest absolute Gasteiger partial charge is 0.381 e. The first kappa shape index (κ1) is 16.3. The summed E-state index contributed by atoms with van der Waals surface area (Å²) in [6.07, 6.45) is 6.69. The maximum Gasteiger partial charge on any atom is 0.191 e. The molecule has 2 rings (SSSR count). The molecule has 2 N–H and O–H groups in total. The van der Waals surface area contributed by atoms with Crippen molar-refractivity contribution in [1.82, 2.24) is 15.5 Å². The molecular weight excluding hydrogens is 264 g/mol. The minimum absolute atomic E-state index is 0.200. The number of nitrogens with one attached hydrogen (secondary N) is 2. The second-order valence-electron chi connectivity index (χ2n) is 5.90. The summed E-state index contributed by atoms with van der Waals surface area (Å²) in [7, 11) is 0. The van der Waals surface area contributed by atoms with Crippen LogP contribution in [0.4, 0.5) is 0 Å². The Morgan fingerprint density at radius 2 is 2.00 bits per heavy atom. The zero-order chi connectivity index (χ0) is 15.0. The molecule has 0 radical (unpaired) electrons. The first-order valence-corrected chi connectivity index (χ1v) is 8.26. The Balaban J connectivity index is 2.03. The van der Waals surface area contributed by atoms with Crippen molar-refractivity contribution in [2.24, 2.45) is 4.99 Å². The highest BCUT2D eigenvalue weighted by Crippen LogP contribution is 2.31. The fourth-order valence-electron chi connectivity index (χ4n) is 3.25. The molecule has 0 unspecified atom stereocenters. The van der Waals surface area contributed by atoms with Gasteiger partial charge in [0.2, 0.25) is 0 Å². The predicted octanol–water partition coefficient (Wildman–Crippen LogP) is 1.37. The number of likely N-dealkylation sites (tertiary alicyclic amines) is 1. The maximum atomic E-state index is 5.58. The van der Waals surface area contributed by atoms with Gasteiger partial charge in [-0.1, -0.05) is 6.08 Å². The van der Waals surface area contributed by atoms with E-state index in [9.17, 15) is 0 Å². The normalized spacial score (nSPS) is 23.0. The summed E-state index contributed by atoms with van der Waals surface area (Å²) < 4.78 is 5.58. The average Bonchev–Trinajstić information content (AvgIpc) is 3.06. The molecule has 2 fully saturated rings. The molecule has 120 valence electrons. The molecule has 0 saturated carbocycles. The van der Waals surface area contributed by atoms with E-state index in [1.54, 1.807) is 0 Å². The Morgan fingerprint density at radius 3 is 2.62 bits per heavy atom. The molecule has 21 heavy (non-hydrogen) atoms. The summed E-state index contributed by atoms with van der Waals surface area (Å²) in [4.78, 5) is 7.49. The van der Waals surface area contributed by atoms with Crippen molar-refractivity contribution >= 4 is 5.96 Å². The van der Waals surface area contributed by atoms with Crippen LogP contribution in [0.3, 0.4) is 0 Å². The van der Waals surface area contributed by atoms with E-state index in [0.29, 0.717) is 0 Å². The summed E-state index contributed by atoms with van der Waals surface area (Å²) in [6, 6.07) is 0. The lowest BCUT2D eigenvalue weighted by Gasteiger charge is -2.43. The van der Waals surface area contributed by atoms with Gasteiger partial charge in [0, 0.05) is 31.8 Å². The van der Waals surface area contributed by atoms with E-state index in [1.165, 1.54) is 25.9 Å². The number of hydrogen-bond donors (Lipinski definition) is 2. The topological polar surface area (TPSA) is 48.9 Å². The van der Waals surface area contributed by atoms with Gasteiger partial charge in [-0.15, -0.1) is 6.58 Å². The molecule has 0 aromatic rings. The Hall–Kier alpha value is -1.07. The SMILES string of the molecule is C=CCNC(=NCC1(N2CCCC2)CCOCC1)NCC. The number of rotatable bonds is 6. The van der Waals surface area contributed by atoms with Gasteiger partial charge in [-0.2, -0.15) is 0 Å². The molecule has 0 aromatic heterocycles. The zero-order valence-electron chi connectivity index (χ0n) is 13.4. The van der Waals surface area contributed by atoms with Crippen LogP contribution in [0.5, 0.6) is 0 Å². The third-order valence-corrected chi connectivity index (χ3v) is 4.49. The van der Waals surface area contributed by atoms with Crippen LogP contribution in [-0.2, 0) is 4.74 Å². The summed E-state index contributed by atoms with van der Waals surface area (Å²) in [5.74, 6) is 0.891. The lowest BCUT2D eigenvalue weighted by Crippen LogP contribution is -2.54. The van der Waals surface area contributed by atoms with E-state index in [0.717, 1.165) is 51.6 Å². The highest BCUT2D eigenvalue weighted by molar-refractivity contribution is 5.79. The van der Waals surface area contributed by atoms with Crippen LogP contribution in [0, 0.1) is 0 Å². The zero-order valence-corrected chi connectivity index (χ0v) is 13.4. The van der Waals surface area contributed by atoms with E-state index in [2.05, 4.69) is 29.0 Å². The highest BCUT2D eigenvalue weighted by atomic mass is 16.5. The van der Waals surface area contributed by atoms with E-state index in [4.69, 9.17) is 9.73 Å². The van der Waals surface area contributed by atoms with Crippen molar-refractivity contribution in [3.63, 3.8) is 0 Å². The van der Waals surface area contributed by atoms with Crippen molar-refractivity contribution < 1.29 is 4.74 Å². The second kappa shape index (κ2) is 8.39. The van der Waals surface area contributed by atoms with Gasteiger partial charge in [0.1, 0.15) is 0 Å². The van der Waals surface area contributed by atoms with Gasteiger partial charge in [-0.25, -0.2) is 0 Å². The Labute approximate surface area is 128 Å². The molecule has 5 heteroatoms. The fourth-order valence-corrected chi connectivity index (χ4v) is 3.25. The van der Waals surface area contributed by atoms with E-state index < -0.39 is 0 Å². The molecule has 0 bridgehead atoms. The monoisotopic (exact) mass is 294 g/mol. The van der Waals surface area contributed by atoms with Gasteiger partial charge in [0.05, 0.1) is 6.54 Å². The molecule has 2 saturated heterocycles. The number of ether oxygens (including phenoxy) is 1. The van der Waals surface area contributed by atoms with Crippen molar-refractivity contribution in [3.8, 4) is 0 Å². The fraction of sp³-hybridized carbons (Fsp3) is 0.812. The Bertz CT molecular complexity index is 344. The van der Waals surface area contributed by atoms with Gasteiger partial charge in [-0.05, 0) is 45.7 Å². The molecule has 2 heterocycles. The Kier molecular flexibility index (Phi) is 6.51. The summed E-state index contributed by atoms with van der Waals surface area (Å²) in [6.45, 7) is 12.5. The van der Waals surface area contributed by atoms with Crippen LogP contribution in [0.2, 0.25) is 0 Å². The van der Waals surface area contributed by atoms with Crippen LogP contribution in [-0.4, -0.2) is 62.3 Å². The summed E-state index contributed by atoms with van der Waals surface area (Å²) in [5.41, 5.74) is 0.200. The van der Waals surface area contributed by atoms with Crippen molar-refractivity contribution in [2.75, 3.05) is 45.9 Å². The summed E-state index contributed by atoms with van der Waals surface area (Å²) >= 11 is 0. The highest BCUT2D eigenvalue weighted by Gasteiger charge is 2.39. The van der Waals surface area contributed by atoms with Crippen LogP contribution in [0.1, 0.15) is 32.6 Å². The van der Waals surface area contributed by atoms with Gasteiger partial charge in [-0.3, -0.25) is 9.89 Å². The van der Waals surface area contributed by atoms with Crippen molar-refractivity contribution in [2.45, 2.75) is 38.1 Å². The standard InChI is InChI=1S/C16H30N4O/c1-3-9-18-15(17-4-2)19-14-16(7-12-21-13-8-16)20-10-5-6-11-20/h3H,1,4-14H2,2H3,(H2,17,18,19). The molecule has 0 spiro atoms. The summed E-state index contributed by atoms with van der Waals surface area (Å²) in [5, 5.41) is 6.59. The van der Waals surface area contributed by atoms with Crippen molar-refractivity contribution in [1.29, 1.82) is 0 Å². The predicted molar refractivity (Wildman–Crippen MR) is 87.8 cm³/mol. The van der Waals surface area contributed by atoms with Crippen LogP contribution >= 0.6 is 0 Å². The molecule has 2 aliphatic heterocycles. The lowest BCUT2D eigenvalue weighted by atomic mass is 9.88.